The molecule has 1 aromatic carbocycles. The lowest BCUT2D eigenvalue weighted by molar-refractivity contribution is -0.120. The van der Waals surface area contributed by atoms with E-state index in [1.807, 2.05) is 43.5 Å². The fourth-order valence-electron chi connectivity index (χ4n) is 3.76. The third-order valence-electron chi connectivity index (χ3n) is 4.98. The molecule has 3 N–H and O–H groups in total. The van der Waals surface area contributed by atoms with Crippen LogP contribution in [0, 0.1) is 0 Å². The molecule has 8 heteroatoms. The van der Waals surface area contributed by atoms with Gasteiger partial charge in [0, 0.05) is 17.5 Å². The molecule has 0 bridgehead atoms. The number of carbonyl (C=O) groups excluding carboxylic acids is 3. The van der Waals surface area contributed by atoms with E-state index in [1.165, 1.54) is 0 Å². The molecule has 2 aliphatic rings. The van der Waals surface area contributed by atoms with E-state index in [-0.39, 0.29) is 23.9 Å². The number of nitrogens with zero attached hydrogens (tertiary/aromatic N) is 1. The third-order valence-corrected chi connectivity index (χ3v) is 5.90. The van der Waals surface area contributed by atoms with Crippen LogP contribution in [0.4, 0.5) is 10.5 Å². The van der Waals surface area contributed by atoms with E-state index in [0.29, 0.717) is 24.2 Å². The number of thiophene rings is 1. The molecule has 28 heavy (non-hydrogen) atoms. The highest BCUT2D eigenvalue weighted by Gasteiger charge is 2.45. The van der Waals surface area contributed by atoms with Gasteiger partial charge in [-0.25, -0.2) is 4.79 Å². The van der Waals surface area contributed by atoms with Crippen molar-refractivity contribution in [3.63, 3.8) is 0 Å². The molecule has 146 valence electrons. The first-order valence-electron chi connectivity index (χ1n) is 9.31. The number of hydrogen-bond acceptors (Lipinski definition) is 4. The van der Waals surface area contributed by atoms with Crippen LogP contribution >= 0.6 is 11.3 Å². The zero-order chi connectivity index (χ0) is 19.8. The summed E-state index contributed by atoms with van der Waals surface area (Å²) in [7, 11) is 0. The molecule has 7 nitrogen and oxygen atoms in total. The van der Waals surface area contributed by atoms with Gasteiger partial charge in [-0.2, -0.15) is 0 Å². The van der Waals surface area contributed by atoms with Crippen LogP contribution in [0.5, 0.6) is 0 Å². The van der Waals surface area contributed by atoms with Crippen LogP contribution in [-0.2, 0) is 4.79 Å². The second-order valence-electron chi connectivity index (χ2n) is 7.34. The lowest BCUT2D eigenvalue weighted by Gasteiger charge is -2.25. The summed E-state index contributed by atoms with van der Waals surface area (Å²) in [5.74, 6) is -0.464. The van der Waals surface area contributed by atoms with E-state index in [4.69, 9.17) is 0 Å². The lowest BCUT2D eigenvalue weighted by atomic mass is 10.1. The largest absolute Gasteiger partial charge is 0.336 e. The maximum Gasteiger partial charge on any atom is 0.315 e. The van der Waals surface area contributed by atoms with Crippen molar-refractivity contribution in [2.75, 3.05) is 11.9 Å². The van der Waals surface area contributed by atoms with Crippen LogP contribution in [0.3, 0.4) is 0 Å². The Morgan fingerprint density at radius 1 is 1.29 bits per heavy atom. The molecule has 2 aromatic rings. The van der Waals surface area contributed by atoms with Crippen molar-refractivity contribution >= 4 is 34.9 Å². The highest BCUT2D eigenvalue weighted by molar-refractivity contribution is 7.13. The number of carbonyl (C=O) groups is 3. The second-order valence-corrected chi connectivity index (χ2v) is 8.29. The SMILES string of the molecule is CC(C)NC(=O)N[C@H]1CCN2C(=O)c3cc(-c4cccs4)ccc3NC(=O)[C@H]12. The third kappa shape index (κ3) is 3.35. The van der Waals surface area contributed by atoms with Crippen molar-refractivity contribution in [1.82, 2.24) is 15.5 Å². The molecule has 0 radical (unpaired) electrons. The van der Waals surface area contributed by atoms with Crippen molar-refractivity contribution in [2.45, 2.75) is 38.4 Å². The standard InChI is InChI=1S/C20H22N4O3S/c1-11(2)21-20(27)23-15-7-8-24-17(15)18(25)22-14-6-5-12(10-13(14)19(24)26)16-4-3-9-28-16/h3-6,9-11,15,17H,7-8H2,1-2H3,(H,22,25)(H2,21,23,27)/t15-,17-/m0/s1. The van der Waals surface area contributed by atoms with Gasteiger partial charge in [0.25, 0.3) is 5.91 Å². The highest BCUT2D eigenvalue weighted by Crippen LogP contribution is 2.33. The number of urea groups is 1. The Bertz CT molecular complexity index is 926. The van der Waals surface area contributed by atoms with Crippen molar-refractivity contribution in [3.05, 3.63) is 41.3 Å². The van der Waals surface area contributed by atoms with Crippen LogP contribution in [0.2, 0.25) is 0 Å². The van der Waals surface area contributed by atoms with Gasteiger partial charge in [0.2, 0.25) is 5.91 Å². The molecular weight excluding hydrogens is 376 g/mol. The first-order chi connectivity index (χ1) is 13.4. The predicted molar refractivity (Wildman–Crippen MR) is 108 cm³/mol. The Kier molecular flexibility index (Phi) is 4.80. The number of benzene rings is 1. The first-order valence-corrected chi connectivity index (χ1v) is 10.2. The minimum atomic E-state index is -0.719. The van der Waals surface area contributed by atoms with Crippen LogP contribution in [0.25, 0.3) is 10.4 Å². The number of anilines is 1. The van der Waals surface area contributed by atoms with Gasteiger partial charge in [0.1, 0.15) is 6.04 Å². The molecule has 3 heterocycles. The monoisotopic (exact) mass is 398 g/mol. The van der Waals surface area contributed by atoms with E-state index in [0.717, 1.165) is 10.4 Å². The second kappa shape index (κ2) is 7.27. The Morgan fingerprint density at radius 3 is 2.82 bits per heavy atom. The van der Waals surface area contributed by atoms with Gasteiger partial charge in [-0.15, -0.1) is 11.3 Å². The Morgan fingerprint density at radius 2 is 2.11 bits per heavy atom. The summed E-state index contributed by atoms with van der Waals surface area (Å²) in [6.45, 7) is 4.15. The lowest BCUT2D eigenvalue weighted by Crippen LogP contribution is -2.54. The highest BCUT2D eigenvalue weighted by atomic mass is 32.1. The van der Waals surface area contributed by atoms with Crippen molar-refractivity contribution < 1.29 is 14.4 Å². The van der Waals surface area contributed by atoms with Gasteiger partial charge >= 0.3 is 6.03 Å². The van der Waals surface area contributed by atoms with Crippen molar-refractivity contribution in [2.24, 2.45) is 0 Å². The molecule has 4 rings (SSSR count). The molecule has 1 fully saturated rings. The Balaban J connectivity index is 1.61. The predicted octanol–water partition coefficient (Wildman–Crippen LogP) is 2.66. The van der Waals surface area contributed by atoms with Crippen LogP contribution in [-0.4, -0.2) is 47.4 Å². The molecule has 0 unspecified atom stereocenters. The summed E-state index contributed by atoms with van der Waals surface area (Å²) in [5.41, 5.74) is 1.93. The van der Waals surface area contributed by atoms with Crippen LogP contribution in [0.15, 0.2) is 35.7 Å². The van der Waals surface area contributed by atoms with E-state index >= 15 is 0 Å². The van der Waals surface area contributed by atoms with Crippen molar-refractivity contribution in [1.29, 1.82) is 0 Å². The van der Waals surface area contributed by atoms with E-state index in [9.17, 15) is 14.4 Å². The zero-order valence-corrected chi connectivity index (χ0v) is 16.5. The Labute approximate surface area is 167 Å². The van der Waals surface area contributed by atoms with Gasteiger partial charge in [0.05, 0.1) is 17.3 Å². The van der Waals surface area contributed by atoms with E-state index in [1.54, 1.807) is 22.3 Å². The minimum absolute atomic E-state index is 0.0120. The smallest absolute Gasteiger partial charge is 0.315 e. The molecule has 1 aromatic heterocycles. The van der Waals surface area contributed by atoms with E-state index in [2.05, 4.69) is 16.0 Å². The minimum Gasteiger partial charge on any atom is -0.336 e. The summed E-state index contributed by atoms with van der Waals surface area (Å²) in [6, 6.07) is 7.99. The van der Waals surface area contributed by atoms with Gasteiger partial charge in [-0.05, 0) is 49.4 Å². The molecule has 1 saturated heterocycles. The molecule has 2 aliphatic heterocycles. The molecule has 0 saturated carbocycles. The van der Waals surface area contributed by atoms with Crippen molar-refractivity contribution in [3.8, 4) is 10.4 Å². The molecule has 4 amide bonds. The summed E-state index contributed by atoms with van der Waals surface area (Å²) >= 11 is 1.60. The van der Waals surface area contributed by atoms with Gasteiger partial charge < -0.3 is 20.9 Å². The molecule has 2 atom stereocenters. The van der Waals surface area contributed by atoms with Gasteiger partial charge in [0.15, 0.2) is 0 Å². The first kappa shape index (κ1) is 18.5. The Hall–Kier alpha value is -2.87. The molecular formula is C20H22N4O3S. The number of amides is 4. The zero-order valence-electron chi connectivity index (χ0n) is 15.7. The van der Waals surface area contributed by atoms with E-state index < -0.39 is 12.1 Å². The average molecular weight is 398 g/mol. The summed E-state index contributed by atoms with van der Waals surface area (Å²) in [4.78, 5) is 40.8. The number of fused-ring (bicyclic) bond motifs is 2. The fraction of sp³-hybridized carbons (Fsp3) is 0.350. The maximum absolute atomic E-state index is 13.2. The molecule has 0 aliphatic carbocycles. The summed E-state index contributed by atoms with van der Waals surface area (Å²) < 4.78 is 0. The summed E-state index contributed by atoms with van der Waals surface area (Å²) in [5, 5.41) is 10.5. The normalized spacial score (nSPS) is 21.0. The van der Waals surface area contributed by atoms with Crippen LogP contribution in [0.1, 0.15) is 30.6 Å². The maximum atomic E-state index is 13.2. The number of rotatable bonds is 3. The van der Waals surface area contributed by atoms with Gasteiger partial charge in [-0.1, -0.05) is 12.1 Å². The van der Waals surface area contributed by atoms with Crippen LogP contribution < -0.4 is 16.0 Å². The number of hydrogen-bond donors (Lipinski definition) is 3. The number of nitrogens with one attached hydrogen (secondary N) is 3. The average Bonchev–Trinajstić information content (AvgIpc) is 3.28. The van der Waals surface area contributed by atoms with Gasteiger partial charge in [-0.3, -0.25) is 9.59 Å². The fourth-order valence-corrected chi connectivity index (χ4v) is 4.48. The summed E-state index contributed by atoms with van der Waals surface area (Å²) in [6.07, 6.45) is 0.537. The molecule has 0 spiro atoms. The topological polar surface area (TPSA) is 90.5 Å². The quantitative estimate of drug-likeness (QED) is 0.742.